The summed E-state index contributed by atoms with van der Waals surface area (Å²) in [6, 6.07) is 7.84. The second kappa shape index (κ2) is 4.89. The van der Waals surface area contributed by atoms with Crippen molar-refractivity contribution >= 4 is 11.8 Å². The summed E-state index contributed by atoms with van der Waals surface area (Å²) in [4.78, 5) is 12.7. The third kappa shape index (κ3) is 3.02. The van der Waals surface area contributed by atoms with Crippen LogP contribution in [0.2, 0.25) is 0 Å². The molecule has 0 aliphatic rings. The molecule has 0 radical (unpaired) electrons. The van der Waals surface area contributed by atoms with E-state index in [1.807, 2.05) is 31.2 Å². The van der Waals surface area contributed by atoms with Crippen molar-refractivity contribution < 1.29 is 0 Å². The average Bonchev–Trinajstić information content (AvgIpc) is 2.28. The van der Waals surface area contributed by atoms with Crippen LogP contribution in [0.5, 0.6) is 0 Å². The number of aromatic nitrogens is 3. The molecule has 2 aromatic rings. The molecule has 2 heterocycles. The molecule has 0 amide bonds. The van der Waals surface area contributed by atoms with Crippen LogP contribution in [0.15, 0.2) is 41.8 Å². The van der Waals surface area contributed by atoms with Gasteiger partial charge in [0, 0.05) is 23.8 Å². The maximum absolute atomic E-state index is 4.41. The first-order chi connectivity index (χ1) is 7.34. The normalized spacial score (nSPS) is 10.2. The van der Waals surface area contributed by atoms with Crippen molar-refractivity contribution in [2.75, 3.05) is 0 Å². The van der Waals surface area contributed by atoms with Gasteiger partial charge in [-0.1, -0.05) is 17.8 Å². The Morgan fingerprint density at radius 1 is 1.13 bits per heavy atom. The number of aryl methyl sites for hydroxylation is 1. The van der Waals surface area contributed by atoms with Crippen LogP contribution in [0.25, 0.3) is 0 Å². The molecule has 4 heteroatoms. The standard InChI is InChI=1S/C11H11N3S/c1-9-4-2-5-10(14-9)8-15-11-12-6-3-7-13-11/h2-7H,8H2,1H3. The Morgan fingerprint density at radius 3 is 2.67 bits per heavy atom. The minimum atomic E-state index is 0.792. The maximum Gasteiger partial charge on any atom is 0.187 e. The van der Waals surface area contributed by atoms with Crippen LogP contribution in [-0.4, -0.2) is 15.0 Å². The van der Waals surface area contributed by atoms with Crippen molar-refractivity contribution in [2.45, 2.75) is 17.8 Å². The van der Waals surface area contributed by atoms with E-state index in [9.17, 15) is 0 Å². The van der Waals surface area contributed by atoms with E-state index in [0.29, 0.717) is 0 Å². The summed E-state index contributed by atoms with van der Waals surface area (Å²) in [6.45, 7) is 1.99. The molecule has 2 aromatic heterocycles. The van der Waals surface area contributed by atoms with Gasteiger partial charge in [0.15, 0.2) is 5.16 Å². The van der Waals surface area contributed by atoms with Crippen molar-refractivity contribution in [3.05, 3.63) is 48.0 Å². The van der Waals surface area contributed by atoms with Gasteiger partial charge in [-0.2, -0.15) is 0 Å². The van der Waals surface area contributed by atoms with Crippen molar-refractivity contribution in [3.8, 4) is 0 Å². The van der Waals surface area contributed by atoms with Gasteiger partial charge >= 0.3 is 0 Å². The van der Waals surface area contributed by atoms with Crippen LogP contribution >= 0.6 is 11.8 Å². The van der Waals surface area contributed by atoms with Gasteiger partial charge < -0.3 is 0 Å². The first-order valence-electron chi connectivity index (χ1n) is 4.67. The van der Waals surface area contributed by atoms with E-state index >= 15 is 0 Å². The van der Waals surface area contributed by atoms with Gasteiger partial charge in [-0.25, -0.2) is 9.97 Å². The Balaban J connectivity index is 1.99. The molecule has 0 spiro atoms. The van der Waals surface area contributed by atoms with Crippen LogP contribution in [0, 0.1) is 6.92 Å². The lowest BCUT2D eigenvalue weighted by Gasteiger charge is -2.00. The number of pyridine rings is 1. The van der Waals surface area contributed by atoms with Crippen LogP contribution in [0.1, 0.15) is 11.4 Å². The van der Waals surface area contributed by atoms with Gasteiger partial charge in [0.2, 0.25) is 0 Å². The Bertz CT molecular complexity index is 431. The van der Waals surface area contributed by atoms with Crippen LogP contribution in [0.3, 0.4) is 0 Å². The summed E-state index contributed by atoms with van der Waals surface area (Å²) in [5.41, 5.74) is 2.11. The Kier molecular flexibility index (Phi) is 3.29. The second-order valence-electron chi connectivity index (χ2n) is 3.09. The molecule has 0 aromatic carbocycles. The van der Waals surface area contributed by atoms with E-state index in [4.69, 9.17) is 0 Å². The third-order valence-electron chi connectivity index (χ3n) is 1.84. The Hall–Kier alpha value is -1.42. The molecule has 0 aliphatic carbocycles. The van der Waals surface area contributed by atoms with Crippen molar-refractivity contribution in [1.29, 1.82) is 0 Å². The second-order valence-corrected chi connectivity index (χ2v) is 4.03. The maximum atomic E-state index is 4.41. The van der Waals surface area contributed by atoms with Gasteiger partial charge in [-0.3, -0.25) is 4.98 Å². The molecule has 0 unspecified atom stereocenters. The molecule has 0 bridgehead atoms. The fraction of sp³-hybridized carbons (Fsp3) is 0.182. The summed E-state index contributed by atoms with van der Waals surface area (Å²) in [5.74, 6) is 0.811. The lowest BCUT2D eigenvalue weighted by molar-refractivity contribution is 0.963. The monoisotopic (exact) mass is 217 g/mol. The first-order valence-corrected chi connectivity index (χ1v) is 5.65. The van der Waals surface area contributed by atoms with Gasteiger partial charge in [-0.15, -0.1) is 0 Å². The molecule has 0 fully saturated rings. The predicted molar refractivity (Wildman–Crippen MR) is 60.6 cm³/mol. The largest absolute Gasteiger partial charge is 0.257 e. The summed E-state index contributed by atoms with van der Waals surface area (Å²) >= 11 is 1.60. The lowest BCUT2D eigenvalue weighted by Crippen LogP contribution is -1.90. The van der Waals surface area contributed by atoms with Crippen molar-refractivity contribution in [2.24, 2.45) is 0 Å². The SMILES string of the molecule is Cc1cccc(CSc2ncccn2)n1. The molecule has 0 saturated carbocycles. The predicted octanol–water partition coefficient (Wildman–Crippen LogP) is 2.47. The van der Waals surface area contributed by atoms with Crippen LogP contribution < -0.4 is 0 Å². The molecule has 0 atom stereocenters. The van der Waals surface area contributed by atoms with Gasteiger partial charge in [-0.05, 0) is 25.1 Å². The van der Waals surface area contributed by atoms with Gasteiger partial charge in [0.25, 0.3) is 0 Å². The van der Waals surface area contributed by atoms with E-state index in [2.05, 4.69) is 15.0 Å². The highest BCUT2D eigenvalue weighted by molar-refractivity contribution is 7.98. The zero-order chi connectivity index (χ0) is 10.5. The highest BCUT2D eigenvalue weighted by atomic mass is 32.2. The number of nitrogens with zero attached hydrogens (tertiary/aromatic N) is 3. The van der Waals surface area contributed by atoms with E-state index < -0.39 is 0 Å². The fourth-order valence-electron chi connectivity index (χ4n) is 1.18. The molecule has 0 N–H and O–H groups in total. The number of rotatable bonds is 3. The number of hydrogen-bond acceptors (Lipinski definition) is 4. The third-order valence-corrected chi connectivity index (χ3v) is 2.75. The highest BCUT2D eigenvalue weighted by Crippen LogP contribution is 2.16. The molecule has 15 heavy (non-hydrogen) atoms. The molecule has 76 valence electrons. The zero-order valence-electron chi connectivity index (χ0n) is 8.42. The first kappa shape index (κ1) is 10.1. The number of thioether (sulfide) groups is 1. The summed E-state index contributed by atoms with van der Waals surface area (Å²) < 4.78 is 0. The van der Waals surface area contributed by atoms with E-state index in [-0.39, 0.29) is 0 Å². The summed E-state index contributed by atoms with van der Waals surface area (Å²) in [5, 5.41) is 0.792. The minimum Gasteiger partial charge on any atom is -0.257 e. The van der Waals surface area contributed by atoms with E-state index in [1.54, 1.807) is 24.2 Å². The average molecular weight is 217 g/mol. The van der Waals surface area contributed by atoms with E-state index in [1.165, 1.54) is 0 Å². The molecular weight excluding hydrogens is 206 g/mol. The summed E-state index contributed by atoms with van der Waals surface area (Å²) in [7, 11) is 0. The van der Waals surface area contributed by atoms with Crippen LogP contribution in [0.4, 0.5) is 0 Å². The van der Waals surface area contributed by atoms with Crippen LogP contribution in [-0.2, 0) is 5.75 Å². The molecular formula is C11H11N3S. The fourth-order valence-corrected chi connectivity index (χ4v) is 1.89. The smallest absolute Gasteiger partial charge is 0.187 e. The zero-order valence-corrected chi connectivity index (χ0v) is 9.24. The molecule has 0 saturated heterocycles. The molecule has 2 rings (SSSR count). The molecule has 3 nitrogen and oxygen atoms in total. The van der Waals surface area contributed by atoms with E-state index in [0.717, 1.165) is 22.3 Å². The highest BCUT2D eigenvalue weighted by Gasteiger charge is 1.98. The lowest BCUT2D eigenvalue weighted by atomic mass is 10.3. The Labute approximate surface area is 93.0 Å². The van der Waals surface area contributed by atoms with Gasteiger partial charge in [0.05, 0.1) is 5.69 Å². The molecule has 0 aliphatic heterocycles. The number of hydrogen-bond donors (Lipinski definition) is 0. The quantitative estimate of drug-likeness (QED) is 0.585. The minimum absolute atomic E-state index is 0.792. The van der Waals surface area contributed by atoms with Crippen molar-refractivity contribution in [1.82, 2.24) is 15.0 Å². The summed E-state index contributed by atoms with van der Waals surface area (Å²) in [6.07, 6.45) is 3.50. The topological polar surface area (TPSA) is 38.7 Å². The Morgan fingerprint density at radius 2 is 1.93 bits per heavy atom. The van der Waals surface area contributed by atoms with Gasteiger partial charge in [0.1, 0.15) is 0 Å². The van der Waals surface area contributed by atoms with Crippen molar-refractivity contribution in [3.63, 3.8) is 0 Å².